The lowest BCUT2D eigenvalue weighted by atomic mass is 10.1. The van der Waals surface area contributed by atoms with Crippen LogP contribution in [0, 0.1) is 13.8 Å². The number of hydrogen-bond donors (Lipinski definition) is 1. The molecule has 1 N–H and O–H groups in total. The topological polar surface area (TPSA) is 66.5 Å². The smallest absolute Gasteiger partial charge is 0.239 e. The minimum atomic E-state index is -2.99. The van der Waals surface area contributed by atoms with Gasteiger partial charge in [0, 0.05) is 17.8 Å². The molecule has 0 aliphatic carbocycles. The Morgan fingerprint density at radius 2 is 1.92 bits per heavy atom. The van der Waals surface area contributed by atoms with Crippen molar-refractivity contribution >= 4 is 21.4 Å². The number of aryl methyl sites for hydroxylation is 2. The maximum atomic E-state index is 12.5. The van der Waals surface area contributed by atoms with E-state index in [1.807, 2.05) is 0 Å². The first-order valence-corrected chi connectivity index (χ1v) is 10.9. The molecule has 1 aliphatic heterocycles. The molecule has 1 heterocycles. The molecule has 1 atom stereocenters. The van der Waals surface area contributed by atoms with Crippen molar-refractivity contribution in [2.24, 2.45) is 0 Å². The lowest BCUT2D eigenvalue weighted by molar-refractivity contribution is -0.120. The largest absolute Gasteiger partial charge is 0.359 e. The highest BCUT2D eigenvalue weighted by Gasteiger charge is 2.29. The van der Waals surface area contributed by atoms with Crippen LogP contribution in [0.15, 0.2) is 18.2 Å². The fraction of sp³-hybridized carbons (Fsp3) is 0.632. The van der Waals surface area contributed by atoms with E-state index in [2.05, 4.69) is 56.1 Å². The molecule has 5 nitrogen and oxygen atoms in total. The summed E-state index contributed by atoms with van der Waals surface area (Å²) in [4.78, 5) is 14.7. The predicted octanol–water partition coefficient (Wildman–Crippen LogP) is 2.60. The highest BCUT2D eigenvalue weighted by molar-refractivity contribution is 7.91. The number of hydrogen-bond acceptors (Lipinski definition) is 4. The Kier molecular flexibility index (Phi) is 6.49. The summed E-state index contributed by atoms with van der Waals surface area (Å²) in [7, 11) is -2.99. The van der Waals surface area contributed by atoms with Gasteiger partial charge in [-0.1, -0.05) is 19.9 Å². The molecule has 1 aromatic rings. The van der Waals surface area contributed by atoms with Crippen LogP contribution in [-0.2, 0) is 14.6 Å². The fourth-order valence-corrected chi connectivity index (χ4v) is 5.08. The summed E-state index contributed by atoms with van der Waals surface area (Å²) in [5, 5.41) is 2.90. The zero-order chi connectivity index (χ0) is 18.6. The standard InChI is InChI=1S/C19H30N2O3S/c1-5-17(6-2)21(18-8-7-14(3)15(4)11-18)12-19(22)20-16-9-10-25(23,24)13-16/h7-8,11,16-17H,5-6,9-10,12-13H2,1-4H3,(H,20,22)/t16-/m0/s1. The number of anilines is 1. The maximum Gasteiger partial charge on any atom is 0.239 e. The zero-order valence-corrected chi connectivity index (χ0v) is 16.5. The lowest BCUT2D eigenvalue weighted by Crippen LogP contribution is -2.46. The van der Waals surface area contributed by atoms with Crippen molar-refractivity contribution < 1.29 is 13.2 Å². The van der Waals surface area contributed by atoms with Gasteiger partial charge in [-0.3, -0.25) is 4.79 Å². The van der Waals surface area contributed by atoms with Crippen LogP contribution >= 0.6 is 0 Å². The molecular weight excluding hydrogens is 336 g/mol. The van der Waals surface area contributed by atoms with Gasteiger partial charge < -0.3 is 10.2 Å². The van der Waals surface area contributed by atoms with Crippen LogP contribution in [0.2, 0.25) is 0 Å². The summed E-state index contributed by atoms with van der Waals surface area (Å²) in [5.74, 6) is 0.130. The summed E-state index contributed by atoms with van der Waals surface area (Å²) in [5.41, 5.74) is 3.48. The first-order chi connectivity index (χ1) is 11.8. The van der Waals surface area contributed by atoms with E-state index in [0.29, 0.717) is 6.42 Å². The van der Waals surface area contributed by atoms with Gasteiger partial charge in [0.25, 0.3) is 0 Å². The molecule has 25 heavy (non-hydrogen) atoms. The highest BCUT2D eigenvalue weighted by atomic mass is 32.2. The molecule has 0 unspecified atom stereocenters. The van der Waals surface area contributed by atoms with Gasteiger partial charge >= 0.3 is 0 Å². The second-order valence-electron chi connectivity index (χ2n) is 7.03. The van der Waals surface area contributed by atoms with Crippen LogP contribution in [0.25, 0.3) is 0 Å². The van der Waals surface area contributed by atoms with Crippen molar-refractivity contribution in [2.45, 2.75) is 59.0 Å². The number of nitrogens with one attached hydrogen (secondary N) is 1. The third kappa shape index (κ3) is 5.21. The van der Waals surface area contributed by atoms with E-state index in [1.54, 1.807) is 0 Å². The van der Waals surface area contributed by atoms with Crippen LogP contribution in [-0.4, -0.2) is 44.5 Å². The number of amides is 1. The van der Waals surface area contributed by atoms with Crippen molar-refractivity contribution in [3.05, 3.63) is 29.3 Å². The molecule has 1 aromatic carbocycles. The van der Waals surface area contributed by atoms with Crippen LogP contribution < -0.4 is 10.2 Å². The van der Waals surface area contributed by atoms with Gasteiger partial charge in [-0.2, -0.15) is 0 Å². The Balaban J connectivity index is 2.13. The van der Waals surface area contributed by atoms with Gasteiger partial charge in [0.15, 0.2) is 9.84 Å². The summed E-state index contributed by atoms with van der Waals surface area (Å²) >= 11 is 0. The Labute approximate surface area is 151 Å². The van der Waals surface area contributed by atoms with E-state index in [1.165, 1.54) is 11.1 Å². The normalized spacial score (nSPS) is 19.2. The van der Waals surface area contributed by atoms with Gasteiger partial charge in [0.05, 0.1) is 18.1 Å². The molecular formula is C19H30N2O3S. The molecule has 0 bridgehead atoms. The summed E-state index contributed by atoms with van der Waals surface area (Å²) in [6.07, 6.45) is 2.42. The predicted molar refractivity (Wildman–Crippen MR) is 103 cm³/mol. The first kappa shape index (κ1) is 19.8. The SMILES string of the molecule is CCC(CC)N(CC(=O)N[C@H]1CCS(=O)(=O)C1)c1ccc(C)c(C)c1. The Morgan fingerprint density at radius 1 is 1.24 bits per heavy atom. The van der Waals surface area contributed by atoms with Gasteiger partial charge in [-0.15, -0.1) is 0 Å². The second kappa shape index (κ2) is 8.21. The third-order valence-electron chi connectivity index (χ3n) is 5.12. The Hall–Kier alpha value is -1.56. The average molecular weight is 367 g/mol. The monoisotopic (exact) mass is 366 g/mol. The number of benzene rings is 1. The molecule has 1 amide bonds. The zero-order valence-electron chi connectivity index (χ0n) is 15.7. The summed E-state index contributed by atoms with van der Waals surface area (Å²) < 4.78 is 23.1. The Bertz CT molecular complexity index is 711. The van der Waals surface area contributed by atoms with E-state index < -0.39 is 9.84 Å². The van der Waals surface area contributed by atoms with Gasteiger partial charge in [0.2, 0.25) is 5.91 Å². The molecule has 140 valence electrons. The summed E-state index contributed by atoms with van der Waals surface area (Å²) in [6, 6.07) is 6.30. The van der Waals surface area contributed by atoms with Crippen LogP contribution in [0.3, 0.4) is 0 Å². The van der Waals surface area contributed by atoms with E-state index in [4.69, 9.17) is 0 Å². The number of nitrogens with zero attached hydrogens (tertiary/aromatic N) is 1. The quantitative estimate of drug-likeness (QED) is 0.805. The number of rotatable bonds is 7. The van der Waals surface area contributed by atoms with E-state index in [0.717, 1.165) is 18.5 Å². The Morgan fingerprint density at radius 3 is 2.44 bits per heavy atom. The minimum absolute atomic E-state index is 0.0629. The van der Waals surface area contributed by atoms with E-state index in [9.17, 15) is 13.2 Å². The molecule has 0 saturated carbocycles. The number of carbonyl (C=O) groups is 1. The molecule has 1 saturated heterocycles. The first-order valence-electron chi connectivity index (χ1n) is 9.09. The number of carbonyl (C=O) groups excluding carboxylic acids is 1. The van der Waals surface area contributed by atoms with Crippen molar-refractivity contribution in [2.75, 3.05) is 23.0 Å². The maximum absolute atomic E-state index is 12.5. The lowest BCUT2D eigenvalue weighted by Gasteiger charge is -2.33. The van der Waals surface area contributed by atoms with Crippen molar-refractivity contribution in [1.29, 1.82) is 0 Å². The minimum Gasteiger partial charge on any atom is -0.359 e. The van der Waals surface area contributed by atoms with Crippen LogP contribution in [0.4, 0.5) is 5.69 Å². The van der Waals surface area contributed by atoms with Crippen LogP contribution in [0.1, 0.15) is 44.2 Å². The molecule has 1 fully saturated rings. The molecule has 0 spiro atoms. The third-order valence-corrected chi connectivity index (χ3v) is 6.88. The highest BCUT2D eigenvalue weighted by Crippen LogP contribution is 2.23. The van der Waals surface area contributed by atoms with Crippen LogP contribution in [0.5, 0.6) is 0 Å². The van der Waals surface area contributed by atoms with Crippen molar-refractivity contribution in [3.8, 4) is 0 Å². The van der Waals surface area contributed by atoms with Gasteiger partial charge in [-0.05, 0) is 56.4 Å². The molecule has 1 aliphatic rings. The van der Waals surface area contributed by atoms with Gasteiger partial charge in [0.1, 0.15) is 0 Å². The van der Waals surface area contributed by atoms with Crippen molar-refractivity contribution in [1.82, 2.24) is 5.32 Å². The fourth-order valence-electron chi connectivity index (χ4n) is 3.40. The molecule has 0 radical (unpaired) electrons. The molecule has 6 heteroatoms. The van der Waals surface area contributed by atoms with Crippen molar-refractivity contribution in [3.63, 3.8) is 0 Å². The molecule has 0 aromatic heterocycles. The van der Waals surface area contributed by atoms with E-state index >= 15 is 0 Å². The summed E-state index contributed by atoms with van der Waals surface area (Å²) in [6.45, 7) is 8.67. The second-order valence-corrected chi connectivity index (χ2v) is 9.26. The molecule has 2 rings (SSSR count). The van der Waals surface area contributed by atoms with Gasteiger partial charge in [-0.25, -0.2) is 8.42 Å². The average Bonchev–Trinajstić information content (AvgIpc) is 2.88. The number of sulfone groups is 1. The van der Waals surface area contributed by atoms with E-state index in [-0.39, 0.29) is 36.0 Å².